The van der Waals surface area contributed by atoms with Gasteiger partial charge in [0.2, 0.25) is 0 Å². The predicted molar refractivity (Wildman–Crippen MR) is 88.8 cm³/mol. The topological polar surface area (TPSA) is 33.1 Å². The Labute approximate surface area is 129 Å². The quantitative estimate of drug-likeness (QED) is 0.757. The van der Waals surface area contributed by atoms with E-state index in [0.29, 0.717) is 12.3 Å². The Kier molecular flexibility index (Phi) is 4.04. The zero-order valence-corrected chi connectivity index (χ0v) is 13.1. The van der Waals surface area contributed by atoms with Crippen LogP contribution in [0.25, 0.3) is 10.2 Å². The average molecular weight is 297 g/mol. The highest BCUT2D eigenvalue weighted by Gasteiger charge is 2.11. The summed E-state index contributed by atoms with van der Waals surface area (Å²) in [6, 6.07) is 12.5. The van der Waals surface area contributed by atoms with Crippen LogP contribution in [0.5, 0.6) is 0 Å². The predicted octanol–water partition coefficient (Wildman–Crippen LogP) is 4.70. The van der Waals surface area contributed by atoms with Gasteiger partial charge in [-0.3, -0.25) is 4.98 Å². The minimum Gasteiger partial charge on any atom is -0.388 e. The molecule has 0 spiro atoms. The summed E-state index contributed by atoms with van der Waals surface area (Å²) in [6.45, 7) is 4.37. The SMILES string of the molecule is CC(C)c1ccc(CC(O)c2cnc3ccsc3c2)cc1. The molecule has 1 aromatic carbocycles. The van der Waals surface area contributed by atoms with Gasteiger partial charge < -0.3 is 5.11 Å². The van der Waals surface area contributed by atoms with Crippen molar-refractivity contribution in [3.63, 3.8) is 0 Å². The second-order valence-electron chi connectivity index (χ2n) is 5.69. The molecule has 0 aliphatic heterocycles. The maximum absolute atomic E-state index is 10.4. The molecule has 1 unspecified atom stereocenters. The number of hydrogen-bond donors (Lipinski definition) is 1. The smallest absolute Gasteiger partial charge is 0.0845 e. The summed E-state index contributed by atoms with van der Waals surface area (Å²) >= 11 is 1.66. The van der Waals surface area contributed by atoms with Crippen molar-refractivity contribution in [3.8, 4) is 0 Å². The first-order valence-electron chi connectivity index (χ1n) is 7.23. The third-order valence-corrected chi connectivity index (χ3v) is 4.64. The third-order valence-electron chi connectivity index (χ3n) is 3.78. The van der Waals surface area contributed by atoms with Crippen molar-refractivity contribution in [3.05, 3.63) is 64.7 Å². The monoisotopic (exact) mass is 297 g/mol. The minimum atomic E-state index is -0.506. The highest BCUT2D eigenvalue weighted by molar-refractivity contribution is 7.17. The Morgan fingerprint density at radius 1 is 1.10 bits per heavy atom. The minimum absolute atomic E-state index is 0.506. The zero-order chi connectivity index (χ0) is 14.8. The molecule has 0 bridgehead atoms. The molecule has 3 aromatic rings. The number of pyridine rings is 1. The molecule has 0 radical (unpaired) electrons. The van der Waals surface area contributed by atoms with E-state index in [1.807, 2.05) is 17.5 Å². The van der Waals surface area contributed by atoms with Crippen LogP contribution in [0.3, 0.4) is 0 Å². The summed E-state index contributed by atoms with van der Waals surface area (Å²) in [5.41, 5.74) is 4.36. The van der Waals surface area contributed by atoms with Crippen molar-refractivity contribution < 1.29 is 5.11 Å². The summed E-state index contributed by atoms with van der Waals surface area (Å²) in [4.78, 5) is 4.39. The first-order valence-corrected chi connectivity index (χ1v) is 8.11. The maximum atomic E-state index is 10.4. The molecule has 0 fully saturated rings. The van der Waals surface area contributed by atoms with Crippen LogP contribution in [0.15, 0.2) is 48.0 Å². The van der Waals surface area contributed by atoms with Crippen LogP contribution in [0.2, 0.25) is 0 Å². The van der Waals surface area contributed by atoms with E-state index >= 15 is 0 Å². The summed E-state index contributed by atoms with van der Waals surface area (Å²) in [6.07, 6.45) is 1.90. The summed E-state index contributed by atoms with van der Waals surface area (Å²) in [5.74, 6) is 0.536. The van der Waals surface area contributed by atoms with E-state index < -0.39 is 6.10 Å². The molecule has 0 saturated heterocycles. The number of benzene rings is 1. The molecule has 2 heterocycles. The zero-order valence-electron chi connectivity index (χ0n) is 12.3. The van der Waals surface area contributed by atoms with Crippen molar-refractivity contribution in [2.45, 2.75) is 32.3 Å². The van der Waals surface area contributed by atoms with Gasteiger partial charge in [-0.1, -0.05) is 38.1 Å². The lowest BCUT2D eigenvalue weighted by molar-refractivity contribution is 0.178. The standard InChI is InChI=1S/C18H19NOS/c1-12(2)14-5-3-13(4-6-14)9-17(20)15-10-18-16(19-11-15)7-8-21-18/h3-8,10-12,17,20H,9H2,1-2H3. The Hall–Kier alpha value is -1.71. The first kappa shape index (κ1) is 14.2. The molecule has 0 saturated carbocycles. The highest BCUT2D eigenvalue weighted by Crippen LogP contribution is 2.25. The van der Waals surface area contributed by atoms with Crippen LogP contribution < -0.4 is 0 Å². The molecular weight excluding hydrogens is 278 g/mol. The summed E-state index contributed by atoms with van der Waals surface area (Å²) in [5, 5.41) is 12.4. The maximum Gasteiger partial charge on any atom is 0.0845 e. The van der Waals surface area contributed by atoms with Gasteiger partial charge in [0.15, 0.2) is 0 Å². The molecule has 0 aliphatic rings. The van der Waals surface area contributed by atoms with Crippen molar-refractivity contribution in [1.82, 2.24) is 4.98 Å². The molecule has 1 atom stereocenters. The largest absolute Gasteiger partial charge is 0.388 e. The van der Waals surface area contributed by atoms with E-state index in [-0.39, 0.29) is 0 Å². The van der Waals surface area contributed by atoms with Gasteiger partial charge in [-0.25, -0.2) is 0 Å². The normalized spacial score (nSPS) is 13.0. The van der Waals surface area contributed by atoms with Crippen molar-refractivity contribution in [2.24, 2.45) is 0 Å². The van der Waals surface area contributed by atoms with E-state index in [9.17, 15) is 5.11 Å². The Morgan fingerprint density at radius 2 is 1.86 bits per heavy atom. The van der Waals surface area contributed by atoms with Gasteiger partial charge in [0, 0.05) is 18.2 Å². The van der Waals surface area contributed by atoms with Gasteiger partial charge in [0.25, 0.3) is 0 Å². The molecule has 21 heavy (non-hydrogen) atoms. The van der Waals surface area contributed by atoms with Crippen molar-refractivity contribution in [2.75, 3.05) is 0 Å². The molecular formula is C18H19NOS. The van der Waals surface area contributed by atoms with E-state index in [1.165, 1.54) is 5.56 Å². The number of aliphatic hydroxyl groups is 1. The molecule has 108 valence electrons. The van der Waals surface area contributed by atoms with Gasteiger partial charge in [-0.2, -0.15) is 0 Å². The Bertz CT molecular complexity index is 730. The first-order chi connectivity index (χ1) is 10.1. The number of aliphatic hydroxyl groups excluding tert-OH is 1. The van der Waals surface area contributed by atoms with Gasteiger partial charge in [0.05, 0.1) is 16.3 Å². The van der Waals surface area contributed by atoms with Gasteiger partial charge >= 0.3 is 0 Å². The fourth-order valence-corrected chi connectivity index (χ4v) is 3.21. The van der Waals surface area contributed by atoms with Crippen LogP contribution in [0.1, 0.15) is 42.6 Å². The lowest BCUT2D eigenvalue weighted by Crippen LogP contribution is -2.02. The Balaban J connectivity index is 1.77. The summed E-state index contributed by atoms with van der Waals surface area (Å²) in [7, 11) is 0. The lowest BCUT2D eigenvalue weighted by atomic mass is 9.98. The molecule has 2 nitrogen and oxygen atoms in total. The average Bonchev–Trinajstić information content (AvgIpc) is 2.95. The molecule has 2 aromatic heterocycles. The van der Waals surface area contributed by atoms with Crippen molar-refractivity contribution in [1.29, 1.82) is 0 Å². The van der Waals surface area contributed by atoms with Crippen LogP contribution in [-0.2, 0) is 6.42 Å². The molecule has 0 amide bonds. The highest BCUT2D eigenvalue weighted by atomic mass is 32.1. The number of aromatic nitrogens is 1. The van der Waals surface area contributed by atoms with Gasteiger partial charge in [-0.05, 0) is 34.6 Å². The second kappa shape index (κ2) is 5.96. The van der Waals surface area contributed by atoms with E-state index in [1.54, 1.807) is 17.5 Å². The number of thiophene rings is 1. The fourth-order valence-electron chi connectivity index (χ4n) is 2.42. The molecule has 3 heteroatoms. The van der Waals surface area contributed by atoms with Crippen LogP contribution in [0, 0.1) is 0 Å². The van der Waals surface area contributed by atoms with Crippen molar-refractivity contribution >= 4 is 21.6 Å². The molecule has 0 aliphatic carbocycles. The number of rotatable bonds is 4. The number of fused-ring (bicyclic) bond motifs is 1. The molecule has 3 rings (SSSR count). The molecule has 1 N–H and O–H groups in total. The van der Waals surface area contributed by atoms with E-state index in [4.69, 9.17) is 0 Å². The van der Waals surface area contributed by atoms with Gasteiger partial charge in [-0.15, -0.1) is 11.3 Å². The van der Waals surface area contributed by atoms with Crippen LogP contribution in [0.4, 0.5) is 0 Å². The summed E-state index contributed by atoms with van der Waals surface area (Å²) < 4.78 is 1.13. The van der Waals surface area contributed by atoms with Gasteiger partial charge in [0.1, 0.15) is 0 Å². The van der Waals surface area contributed by atoms with E-state index in [2.05, 4.69) is 43.1 Å². The third kappa shape index (κ3) is 3.14. The van der Waals surface area contributed by atoms with Crippen LogP contribution >= 0.6 is 11.3 Å². The number of hydrogen-bond acceptors (Lipinski definition) is 3. The van der Waals surface area contributed by atoms with Crippen LogP contribution in [-0.4, -0.2) is 10.1 Å². The Morgan fingerprint density at radius 3 is 2.57 bits per heavy atom. The number of nitrogens with zero attached hydrogens (tertiary/aromatic N) is 1. The lowest BCUT2D eigenvalue weighted by Gasteiger charge is -2.12. The van der Waals surface area contributed by atoms with E-state index in [0.717, 1.165) is 21.3 Å². The fraction of sp³-hybridized carbons (Fsp3) is 0.278. The second-order valence-corrected chi connectivity index (χ2v) is 6.64.